The van der Waals surface area contributed by atoms with Crippen LogP contribution in [0.4, 0.5) is 0 Å². The van der Waals surface area contributed by atoms with E-state index in [2.05, 4.69) is 85.6 Å². The van der Waals surface area contributed by atoms with Gasteiger partial charge in [0.15, 0.2) is 0 Å². The Kier molecular flexibility index (Phi) is 5.36. The summed E-state index contributed by atoms with van der Waals surface area (Å²) in [5.41, 5.74) is 4.78. The molecule has 0 saturated heterocycles. The zero-order valence-electron chi connectivity index (χ0n) is 14.4. The maximum Gasteiger partial charge on any atom is 0.0666 e. The zero-order valence-corrected chi connectivity index (χ0v) is 14.4. The molecule has 0 radical (unpaired) electrons. The molecule has 4 heteroatoms. The van der Waals surface area contributed by atoms with Crippen molar-refractivity contribution in [3.8, 4) is 0 Å². The van der Waals surface area contributed by atoms with Crippen molar-refractivity contribution in [3.05, 3.63) is 59.5 Å². The molecule has 0 unspecified atom stereocenters. The van der Waals surface area contributed by atoms with Gasteiger partial charge in [-0.3, -0.25) is 0 Å². The maximum absolute atomic E-state index is 3.40. The summed E-state index contributed by atoms with van der Waals surface area (Å²) in [5, 5.41) is 3.40. The summed E-state index contributed by atoms with van der Waals surface area (Å²) in [6, 6.07) is 0. The third-order valence-corrected chi connectivity index (χ3v) is 3.87. The molecule has 0 bridgehead atoms. The van der Waals surface area contributed by atoms with Gasteiger partial charge in [-0.2, -0.15) is 0 Å². The highest BCUT2D eigenvalue weighted by atomic mass is 15.2. The molecule has 0 aromatic rings. The molecule has 2 heterocycles. The molecule has 120 valence electrons. The quantitative estimate of drug-likeness (QED) is 0.843. The summed E-state index contributed by atoms with van der Waals surface area (Å²) in [6.07, 6.45) is 15.3. The van der Waals surface area contributed by atoms with Crippen LogP contribution in [0.15, 0.2) is 59.5 Å². The van der Waals surface area contributed by atoms with E-state index in [0.29, 0.717) is 0 Å². The predicted molar refractivity (Wildman–Crippen MR) is 93.6 cm³/mol. The minimum Gasteiger partial charge on any atom is -0.378 e. The Balaban J connectivity index is 2.38. The summed E-state index contributed by atoms with van der Waals surface area (Å²) < 4.78 is 0. The average molecular weight is 300 g/mol. The minimum absolute atomic E-state index is 1.04. The lowest BCUT2D eigenvalue weighted by Gasteiger charge is -2.30. The fourth-order valence-corrected chi connectivity index (χ4v) is 2.43. The number of hydrogen-bond acceptors (Lipinski definition) is 4. The number of nitrogens with one attached hydrogen (secondary N) is 1. The van der Waals surface area contributed by atoms with Crippen molar-refractivity contribution in [1.29, 1.82) is 0 Å². The Morgan fingerprint density at radius 2 is 1.68 bits per heavy atom. The second-order valence-electron chi connectivity index (χ2n) is 6.07. The summed E-state index contributed by atoms with van der Waals surface area (Å²) >= 11 is 0. The summed E-state index contributed by atoms with van der Waals surface area (Å²) in [5.74, 6) is 0. The number of unbranched alkanes of at least 4 members (excludes halogenated alkanes) is 1. The van der Waals surface area contributed by atoms with Crippen molar-refractivity contribution in [2.24, 2.45) is 0 Å². The first-order chi connectivity index (χ1) is 10.5. The third-order valence-electron chi connectivity index (χ3n) is 3.87. The number of dihydropyridines is 1. The molecular weight excluding hydrogens is 272 g/mol. The van der Waals surface area contributed by atoms with Crippen molar-refractivity contribution in [1.82, 2.24) is 20.0 Å². The van der Waals surface area contributed by atoms with Crippen molar-refractivity contribution in [2.45, 2.75) is 19.8 Å². The lowest BCUT2D eigenvalue weighted by molar-refractivity contribution is 0.437. The normalized spacial score (nSPS) is 20.5. The van der Waals surface area contributed by atoms with Crippen molar-refractivity contribution in [3.63, 3.8) is 0 Å². The van der Waals surface area contributed by atoms with E-state index in [9.17, 15) is 0 Å². The Bertz CT molecular complexity index is 547. The van der Waals surface area contributed by atoms with Gasteiger partial charge in [-0.25, -0.2) is 0 Å². The van der Waals surface area contributed by atoms with Crippen LogP contribution in [0.2, 0.25) is 0 Å². The van der Waals surface area contributed by atoms with Gasteiger partial charge in [0.25, 0.3) is 0 Å². The third kappa shape index (κ3) is 3.75. The van der Waals surface area contributed by atoms with E-state index in [1.165, 1.54) is 29.9 Å². The van der Waals surface area contributed by atoms with Crippen LogP contribution >= 0.6 is 0 Å². The second kappa shape index (κ2) is 7.25. The lowest BCUT2D eigenvalue weighted by Crippen LogP contribution is -2.27. The molecule has 0 amide bonds. The summed E-state index contributed by atoms with van der Waals surface area (Å²) in [6.45, 7) is 3.27. The molecule has 22 heavy (non-hydrogen) atoms. The topological polar surface area (TPSA) is 21.8 Å². The van der Waals surface area contributed by atoms with Gasteiger partial charge in [-0.1, -0.05) is 13.3 Å². The molecule has 2 aliphatic heterocycles. The number of hydrogen-bond donors (Lipinski definition) is 1. The van der Waals surface area contributed by atoms with Gasteiger partial charge in [0.1, 0.15) is 0 Å². The van der Waals surface area contributed by atoms with Crippen LogP contribution in [0, 0.1) is 0 Å². The average Bonchev–Trinajstić information content (AvgIpc) is 2.52. The largest absolute Gasteiger partial charge is 0.378 e. The van der Waals surface area contributed by atoms with E-state index in [0.717, 1.165) is 12.2 Å². The first-order valence-corrected chi connectivity index (χ1v) is 7.93. The SMILES string of the molecule is CCCCN1C=CC(N(C)C)=C/C1=C1\C=C(N(C)C)C=CN1. The number of nitrogens with zero attached hydrogens (tertiary/aromatic N) is 3. The van der Waals surface area contributed by atoms with Gasteiger partial charge >= 0.3 is 0 Å². The highest BCUT2D eigenvalue weighted by Gasteiger charge is 2.16. The van der Waals surface area contributed by atoms with E-state index in [1.807, 2.05) is 6.20 Å². The van der Waals surface area contributed by atoms with E-state index < -0.39 is 0 Å². The molecule has 1 N–H and O–H groups in total. The van der Waals surface area contributed by atoms with Crippen LogP contribution in [0.5, 0.6) is 0 Å². The van der Waals surface area contributed by atoms with Crippen LogP contribution < -0.4 is 5.32 Å². The number of likely N-dealkylation sites (N-methyl/N-ethyl adjacent to an activating group) is 2. The number of rotatable bonds is 5. The van der Waals surface area contributed by atoms with Crippen LogP contribution in [0.25, 0.3) is 0 Å². The molecule has 0 saturated carbocycles. The molecule has 2 aliphatic rings. The summed E-state index contributed by atoms with van der Waals surface area (Å²) in [4.78, 5) is 6.61. The van der Waals surface area contributed by atoms with Crippen molar-refractivity contribution in [2.75, 3.05) is 34.7 Å². The van der Waals surface area contributed by atoms with Crippen LogP contribution in [-0.2, 0) is 0 Å². The summed E-state index contributed by atoms with van der Waals surface area (Å²) in [7, 11) is 8.30. The highest BCUT2D eigenvalue weighted by molar-refractivity contribution is 5.44. The first kappa shape index (κ1) is 16.3. The molecule has 0 aromatic carbocycles. The fourth-order valence-electron chi connectivity index (χ4n) is 2.43. The van der Waals surface area contributed by atoms with Gasteiger partial charge in [0, 0.05) is 58.5 Å². The van der Waals surface area contributed by atoms with Gasteiger partial charge in [0.05, 0.1) is 11.4 Å². The van der Waals surface area contributed by atoms with E-state index in [-0.39, 0.29) is 0 Å². The highest BCUT2D eigenvalue weighted by Crippen LogP contribution is 2.24. The molecular formula is C18H28N4. The van der Waals surface area contributed by atoms with Gasteiger partial charge in [0.2, 0.25) is 0 Å². The van der Waals surface area contributed by atoms with Gasteiger partial charge in [-0.15, -0.1) is 0 Å². The maximum atomic E-state index is 3.40. The van der Waals surface area contributed by atoms with Crippen molar-refractivity contribution >= 4 is 0 Å². The first-order valence-electron chi connectivity index (χ1n) is 7.93. The molecule has 0 aromatic heterocycles. The Morgan fingerprint density at radius 1 is 1.00 bits per heavy atom. The Morgan fingerprint density at radius 3 is 2.32 bits per heavy atom. The molecule has 0 fully saturated rings. The van der Waals surface area contributed by atoms with E-state index >= 15 is 0 Å². The molecule has 2 rings (SSSR count). The Labute approximate surface area is 134 Å². The van der Waals surface area contributed by atoms with Crippen LogP contribution in [-0.4, -0.2) is 49.4 Å². The monoisotopic (exact) mass is 300 g/mol. The number of allylic oxidation sites excluding steroid dienone is 4. The standard InChI is InChI=1S/C18H28N4/c1-6-7-11-22-12-9-16(21(4)5)14-18(22)17-13-15(20(2)3)8-10-19-17/h8-10,12-14,19H,6-7,11H2,1-5H3/b18-17-. The minimum atomic E-state index is 1.04. The predicted octanol–water partition coefficient (Wildman–Crippen LogP) is 2.84. The fraction of sp³-hybridized carbons (Fsp3) is 0.444. The second-order valence-corrected chi connectivity index (χ2v) is 6.07. The van der Waals surface area contributed by atoms with E-state index in [1.54, 1.807) is 0 Å². The van der Waals surface area contributed by atoms with Crippen molar-refractivity contribution < 1.29 is 0 Å². The van der Waals surface area contributed by atoms with Crippen LogP contribution in [0.1, 0.15) is 19.8 Å². The smallest absolute Gasteiger partial charge is 0.0666 e. The van der Waals surface area contributed by atoms with Gasteiger partial charge < -0.3 is 20.0 Å². The van der Waals surface area contributed by atoms with Crippen LogP contribution in [0.3, 0.4) is 0 Å². The molecule has 0 aliphatic carbocycles. The molecule has 4 nitrogen and oxygen atoms in total. The molecule has 0 atom stereocenters. The Hall–Kier alpha value is -2.10. The van der Waals surface area contributed by atoms with E-state index in [4.69, 9.17) is 0 Å². The van der Waals surface area contributed by atoms with Gasteiger partial charge in [-0.05, 0) is 30.7 Å². The zero-order chi connectivity index (χ0) is 16.1. The lowest BCUT2D eigenvalue weighted by atomic mass is 10.1. The molecule has 0 spiro atoms.